The molecule has 0 bridgehead atoms. The van der Waals surface area contributed by atoms with Gasteiger partial charge in [0.15, 0.2) is 0 Å². The Balaban J connectivity index is 3.14. The van der Waals surface area contributed by atoms with Crippen LogP contribution in [0.2, 0.25) is 0 Å². The van der Waals surface area contributed by atoms with Crippen molar-refractivity contribution in [3.05, 3.63) is 11.8 Å². The molecule has 0 aromatic carbocycles. The van der Waals surface area contributed by atoms with Crippen LogP contribution in [0.25, 0.3) is 0 Å². The number of carbonyl (C=O) groups excluding carboxylic acids is 1. The van der Waals surface area contributed by atoms with Gasteiger partial charge in [-0.1, -0.05) is 0 Å². The first kappa shape index (κ1) is 19.3. The SMILES string of the molecule is CC(=O)N[C@H]1[C@H]([C@@H](O)[C@H](O)CO)OC(C(=O)O)=C[C@@H]1NCCO. The zero-order valence-electron chi connectivity index (χ0n) is 12.5. The molecule has 1 aliphatic heterocycles. The summed E-state index contributed by atoms with van der Waals surface area (Å²) in [7, 11) is 0. The number of aliphatic hydroxyl groups excluding tert-OH is 4. The van der Waals surface area contributed by atoms with Crippen LogP contribution in [0.3, 0.4) is 0 Å². The van der Waals surface area contributed by atoms with Gasteiger partial charge in [-0.25, -0.2) is 4.79 Å². The highest BCUT2D eigenvalue weighted by atomic mass is 16.5. The molecule has 0 saturated heterocycles. The van der Waals surface area contributed by atoms with Gasteiger partial charge in [-0.2, -0.15) is 0 Å². The Hall–Kier alpha value is -1.72. The largest absolute Gasteiger partial charge is 0.478 e. The van der Waals surface area contributed by atoms with Crippen LogP contribution >= 0.6 is 0 Å². The minimum absolute atomic E-state index is 0.107. The molecule has 132 valence electrons. The van der Waals surface area contributed by atoms with Gasteiger partial charge in [-0.15, -0.1) is 0 Å². The standard InChI is InChI=1S/C13H22N2O8/c1-6(18)15-10-7(14-2-3-16)4-9(13(21)22)23-12(10)11(20)8(19)5-17/h4,7-8,10-12,14,16-17,19-20H,2-3,5H2,1H3,(H,15,18)(H,21,22)/t7-,8+,10+,11-,12+/m0/s1. The summed E-state index contributed by atoms with van der Waals surface area (Å²) < 4.78 is 5.18. The Morgan fingerprint density at radius 1 is 1.35 bits per heavy atom. The molecule has 0 spiro atoms. The Bertz CT molecular complexity index is 455. The number of ether oxygens (including phenoxy) is 1. The summed E-state index contributed by atoms with van der Waals surface area (Å²) in [6, 6.07) is -1.69. The maximum absolute atomic E-state index is 11.4. The average Bonchev–Trinajstić information content (AvgIpc) is 2.51. The second-order valence-corrected chi connectivity index (χ2v) is 5.09. The monoisotopic (exact) mass is 334 g/mol. The molecule has 0 unspecified atom stereocenters. The third-order valence-corrected chi connectivity index (χ3v) is 3.33. The molecule has 1 rings (SSSR count). The van der Waals surface area contributed by atoms with Gasteiger partial charge in [0.25, 0.3) is 0 Å². The first-order chi connectivity index (χ1) is 10.8. The number of aliphatic carboxylic acids is 1. The number of aliphatic hydroxyl groups is 4. The lowest BCUT2D eigenvalue weighted by Gasteiger charge is -2.40. The lowest BCUT2D eigenvalue weighted by Crippen LogP contribution is -2.63. The molecule has 10 nitrogen and oxygen atoms in total. The third kappa shape index (κ3) is 5.15. The number of carboxylic acids is 1. The fourth-order valence-corrected chi connectivity index (χ4v) is 2.28. The molecule has 0 fully saturated rings. The molecular formula is C13H22N2O8. The van der Waals surface area contributed by atoms with Crippen molar-refractivity contribution in [1.82, 2.24) is 10.6 Å². The lowest BCUT2D eigenvalue weighted by atomic mass is 9.92. The molecule has 10 heteroatoms. The highest BCUT2D eigenvalue weighted by Gasteiger charge is 2.43. The normalized spacial score (nSPS) is 26.7. The lowest BCUT2D eigenvalue weighted by molar-refractivity contribution is -0.146. The van der Waals surface area contributed by atoms with E-state index >= 15 is 0 Å². The topological polar surface area (TPSA) is 169 Å². The van der Waals surface area contributed by atoms with E-state index in [2.05, 4.69) is 10.6 Å². The van der Waals surface area contributed by atoms with E-state index in [1.54, 1.807) is 0 Å². The molecule has 0 aromatic rings. The fourth-order valence-electron chi connectivity index (χ4n) is 2.28. The molecule has 5 atom stereocenters. The number of carbonyl (C=O) groups is 2. The van der Waals surface area contributed by atoms with E-state index < -0.39 is 54.6 Å². The van der Waals surface area contributed by atoms with Crippen LogP contribution in [0.15, 0.2) is 11.8 Å². The minimum atomic E-state index is -1.64. The third-order valence-electron chi connectivity index (χ3n) is 3.33. The van der Waals surface area contributed by atoms with Crippen LogP contribution in [0.5, 0.6) is 0 Å². The van der Waals surface area contributed by atoms with E-state index in [0.717, 1.165) is 0 Å². The maximum atomic E-state index is 11.4. The Morgan fingerprint density at radius 2 is 2.00 bits per heavy atom. The van der Waals surface area contributed by atoms with Gasteiger partial charge in [0.05, 0.1) is 25.3 Å². The van der Waals surface area contributed by atoms with Crippen LogP contribution in [-0.4, -0.2) is 87.6 Å². The highest BCUT2D eigenvalue weighted by molar-refractivity contribution is 5.84. The zero-order chi connectivity index (χ0) is 17.6. The number of rotatable bonds is 8. The van der Waals surface area contributed by atoms with E-state index in [1.165, 1.54) is 13.0 Å². The van der Waals surface area contributed by atoms with Crippen LogP contribution in [0, 0.1) is 0 Å². The van der Waals surface area contributed by atoms with Crippen LogP contribution in [0.4, 0.5) is 0 Å². The summed E-state index contributed by atoms with van der Waals surface area (Å²) in [4.78, 5) is 22.5. The smallest absolute Gasteiger partial charge is 0.370 e. The van der Waals surface area contributed by atoms with Gasteiger partial charge in [0.1, 0.15) is 18.3 Å². The van der Waals surface area contributed by atoms with Crippen molar-refractivity contribution >= 4 is 11.9 Å². The van der Waals surface area contributed by atoms with Crippen molar-refractivity contribution in [3.8, 4) is 0 Å². The first-order valence-electron chi connectivity index (χ1n) is 7.02. The van der Waals surface area contributed by atoms with Crippen molar-refractivity contribution in [1.29, 1.82) is 0 Å². The summed E-state index contributed by atoms with van der Waals surface area (Å²) >= 11 is 0. The Morgan fingerprint density at radius 3 is 2.48 bits per heavy atom. The number of hydrogen-bond donors (Lipinski definition) is 7. The summed E-state index contributed by atoms with van der Waals surface area (Å²) in [5.74, 6) is -2.33. The number of hydrogen-bond acceptors (Lipinski definition) is 8. The number of amides is 1. The second-order valence-electron chi connectivity index (χ2n) is 5.09. The molecule has 1 amide bonds. The van der Waals surface area contributed by atoms with E-state index in [0.29, 0.717) is 0 Å². The van der Waals surface area contributed by atoms with E-state index in [9.17, 15) is 19.8 Å². The van der Waals surface area contributed by atoms with Crippen molar-refractivity contribution in [3.63, 3.8) is 0 Å². The molecule has 0 aromatic heterocycles. The van der Waals surface area contributed by atoms with Gasteiger partial charge in [0, 0.05) is 13.5 Å². The fraction of sp³-hybridized carbons (Fsp3) is 0.692. The summed E-state index contributed by atoms with van der Waals surface area (Å²) in [6.45, 7) is 0.336. The quantitative estimate of drug-likeness (QED) is 0.238. The maximum Gasteiger partial charge on any atom is 0.370 e. The Labute approximate surface area is 132 Å². The number of nitrogens with one attached hydrogen (secondary N) is 2. The van der Waals surface area contributed by atoms with E-state index in [-0.39, 0.29) is 13.2 Å². The van der Waals surface area contributed by atoms with Crippen molar-refractivity contribution in [2.75, 3.05) is 19.8 Å². The molecule has 23 heavy (non-hydrogen) atoms. The van der Waals surface area contributed by atoms with Crippen molar-refractivity contribution < 1.29 is 39.9 Å². The molecular weight excluding hydrogens is 312 g/mol. The molecule has 0 aliphatic carbocycles. The molecule has 0 radical (unpaired) electrons. The summed E-state index contributed by atoms with van der Waals surface area (Å²) in [6.07, 6.45) is -3.33. The molecule has 1 aliphatic rings. The van der Waals surface area contributed by atoms with Gasteiger partial charge in [0.2, 0.25) is 11.7 Å². The van der Waals surface area contributed by atoms with E-state index in [4.69, 9.17) is 20.1 Å². The van der Waals surface area contributed by atoms with E-state index in [1.807, 2.05) is 0 Å². The van der Waals surface area contributed by atoms with Gasteiger partial charge in [-0.3, -0.25) is 4.79 Å². The second kappa shape index (κ2) is 8.79. The Kier molecular flexibility index (Phi) is 7.39. The molecule has 1 heterocycles. The minimum Gasteiger partial charge on any atom is -0.478 e. The highest BCUT2D eigenvalue weighted by Crippen LogP contribution is 2.23. The summed E-state index contributed by atoms with van der Waals surface area (Å²) in [5.41, 5.74) is 0. The van der Waals surface area contributed by atoms with Crippen LogP contribution in [0.1, 0.15) is 6.92 Å². The molecule has 7 N–H and O–H groups in total. The van der Waals surface area contributed by atoms with Crippen LogP contribution in [-0.2, 0) is 14.3 Å². The zero-order valence-corrected chi connectivity index (χ0v) is 12.5. The molecule has 0 saturated carbocycles. The van der Waals surface area contributed by atoms with Crippen molar-refractivity contribution in [2.24, 2.45) is 0 Å². The van der Waals surface area contributed by atoms with Gasteiger partial charge >= 0.3 is 5.97 Å². The predicted octanol–water partition coefficient (Wildman–Crippen LogP) is -3.48. The summed E-state index contributed by atoms with van der Waals surface area (Å²) in [5, 5.41) is 52.0. The van der Waals surface area contributed by atoms with Crippen molar-refractivity contribution in [2.45, 2.75) is 37.3 Å². The predicted molar refractivity (Wildman–Crippen MR) is 76.2 cm³/mol. The van der Waals surface area contributed by atoms with Gasteiger partial charge < -0.3 is 40.9 Å². The first-order valence-corrected chi connectivity index (χ1v) is 7.02. The average molecular weight is 334 g/mol. The van der Waals surface area contributed by atoms with Gasteiger partial charge in [-0.05, 0) is 6.08 Å². The van der Waals surface area contributed by atoms with Crippen LogP contribution < -0.4 is 10.6 Å². The number of carboxylic acid groups (broad SMARTS) is 1.